The highest BCUT2D eigenvalue weighted by Crippen LogP contribution is 2.28. The molecule has 0 spiro atoms. The molecule has 0 fully saturated rings. The molecule has 5 rings (SSSR count). The number of rotatable bonds is 6. The van der Waals surface area contributed by atoms with Crippen molar-refractivity contribution in [2.75, 3.05) is 13.1 Å². The average Bonchev–Trinajstić information content (AvgIpc) is 3.07. The average molecular weight is 396 g/mol. The Bertz CT molecular complexity index is 1180. The minimum Gasteiger partial charge on any atom is -0.350 e. The van der Waals surface area contributed by atoms with Gasteiger partial charge in [-0.15, -0.1) is 0 Å². The Morgan fingerprint density at radius 2 is 1.77 bits per heavy atom. The Morgan fingerprint density at radius 1 is 0.933 bits per heavy atom. The van der Waals surface area contributed by atoms with Crippen molar-refractivity contribution < 1.29 is 4.79 Å². The summed E-state index contributed by atoms with van der Waals surface area (Å²) in [6.07, 6.45) is 1.03. The van der Waals surface area contributed by atoms with Gasteiger partial charge in [0.25, 0.3) is 5.91 Å². The number of carbonyl (C=O) groups is 1. The summed E-state index contributed by atoms with van der Waals surface area (Å²) < 4.78 is 2.16. The van der Waals surface area contributed by atoms with Crippen molar-refractivity contribution in [3.8, 4) is 11.4 Å². The van der Waals surface area contributed by atoms with Crippen molar-refractivity contribution in [1.82, 2.24) is 20.2 Å². The molecule has 0 unspecified atom stereocenters. The lowest BCUT2D eigenvalue weighted by atomic mass is 10.1. The second kappa shape index (κ2) is 8.13. The maximum Gasteiger partial charge on any atom is 0.253 e. The Hall–Kier alpha value is -3.44. The first kappa shape index (κ1) is 18.6. The highest BCUT2D eigenvalue weighted by molar-refractivity contribution is 6.06. The summed E-state index contributed by atoms with van der Waals surface area (Å²) in [6.45, 7) is 3.12. The van der Waals surface area contributed by atoms with Gasteiger partial charge >= 0.3 is 0 Å². The third-order valence-electron chi connectivity index (χ3n) is 5.61. The Labute approximate surface area is 175 Å². The fourth-order valence-corrected chi connectivity index (χ4v) is 4.07. The zero-order valence-corrected chi connectivity index (χ0v) is 16.8. The van der Waals surface area contributed by atoms with Crippen LogP contribution in [0.1, 0.15) is 21.5 Å². The van der Waals surface area contributed by atoms with Crippen LogP contribution in [-0.2, 0) is 19.5 Å². The number of hydrogen-bond acceptors (Lipinski definition) is 3. The molecule has 1 amide bonds. The van der Waals surface area contributed by atoms with Gasteiger partial charge in [0.15, 0.2) is 0 Å². The van der Waals surface area contributed by atoms with Gasteiger partial charge in [-0.1, -0.05) is 60.7 Å². The number of nitrogens with one attached hydrogen (secondary N) is 2. The van der Waals surface area contributed by atoms with Crippen molar-refractivity contribution in [2.24, 2.45) is 0 Å². The molecule has 0 saturated carbocycles. The number of benzene rings is 3. The molecule has 5 heteroatoms. The van der Waals surface area contributed by atoms with E-state index in [1.807, 2.05) is 24.3 Å². The zero-order valence-electron chi connectivity index (χ0n) is 16.8. The first-order chi connectivity index (χ1) is 14.8. The summed E-state index contributed by atoms with van der Waals surface area (Å²) in [5.41, 5.74) is 6.16. The van der Waals surface area contributed by atoms with Gasteiger partial charge < -0.3 is 15.2 Å². The fourth-order valence-electron chi connectivity index (χ4n) is 4.07. The summed E-state index contributed by atoms with van der Waals surface area (Å²) in [4.78, 5) is 17.2. The minimum absolute atomic E-state index is 0.0253. The van der Waals surface area contributed by atoms with Crippen molar-refractivity contribution >= 4 is 16.9 Å². The predicted octanol–water partition coefficient (Wildman–Crippen LogP) is 3.78. The number of nitrogens with zero attached hydrogens (tertiary/aromatic N) is 2. The van der Waals surface area contributed by atoms with Gasteiger partial charge in [0.05, 0.1) is 16.6 Å². The van der Waals surface area contributed by atoms with Gasteiger partial charge in [0.1, 0.15) is 5.82 Å². The largest absolute Gasteiger partial charge is 0.350 e. The molecule has 1 aliphatic heterocycles. The molecule has 30 heavy (non-hydrogen) atoms. The maximum atomic E-state index is 12.3. The SMILES string of the molecule is O=C1NCCn2c(-c3ccc(CNCCc4ccccc4)cc3)nc3cccc1c32. The molecule has 0 bridgehead atoms. The Morgan fingerprint density at radius 3 is 2.60 bits per heavy atom. The van der Waals surface area contributed by atoms with Crippen LogP contribution in [0.25, 0.3) is 22.4 Å². The minimum atomic E-state index is -0.0253. The van der Waals surface area contributed by atoms with E-state index in [9.17, 15) is 4.79 Å². The van der Waals surface area contributed by atoms with E-state index < -0.39 is 0 Å². The molecule has 3 aromatic carbocycles. The molecule has 1 aliphatic rings. The van der Waals surface area contributed by atoms with Crippen molar-refractivity contribution in [2.45, 2.75) is 19.5 Å². The molecule has 2 N–H and O–H groups in total. The van der Waals surface area contributed by atoms with Crippen LogP contribution in [-0.4, -0.2) is 28.5 Å². The summed E-state index contributed by atoms with van der Waals surface area (Å²) in [7, 11) is 0. The molecular formula is C25H24N4O. The van der Waals surface area contributed by atoms with Crippen LogP contribution in [0.3, 0.4) is 0 Å². The standard InChI is InChI=1S/C25H24N4O/c30-25-21-7-4-8-22-23(21)29(16-15-27-25)24(28-22)20-11-9-19(10-12-20)17-26-14-13-18-5-2-1-3-6-18/h1-12,26H,13-17H2,(H,27,30). The molecule has 150 valence electrons. The topological polar surface area (TPSA) is 59.0 Å². The third-order valence-corrected chi connectivity index (χ3v) is 5.61. The van der Waals surface area contributed by atoms with Gasteiger partial charge in [-0.05, 0) is 36.2 Å². The molecule has 5 nitrogen and oxygen atoms in total. The smallest absolute Gasteiger partial charge is 0.253 e. The maximum absolute atomic E-state index is 12.3. The van der Waals surface area contributed by atoms with Gasteiger partial charge in [-0.2, -0.15) is 0 Å². The summed E-state index contributed by atoms with van der Waals surface area (Å²) in [6, 6.07) is 24.8. The van der Waals surface area contributed by atoms with Gasteiger partial charge in [0.2, 0.25) is 0 Å². The van der Waals surface area contributed by atoms with Gasteiger partial charge in [-0.3, -0.25) is 4.79 Å². The van der Waals surface area contributed by atoms with E-state index in [0.29, 0.717) is 12.1 Å². The van der Waals surface area contributed by atoms with E-state index in [2.05, 4.69) is 63.7 Å². The second-order valence-corrected chi connectivity index (χ2v) is 7.63. The van der Waals surface area contributed by atoms with Crippen LogP contribution in [0, 0.1) is 0 Å². The van der Waals surface area contributed by atoms with E-state index in [-0.39, 0.29) is 5.91 Å². The zero-order chi connectivity index (χ0) is 20.3. The van der Waals surface area contributed by atoms with Crippen molar-refractivity contribution in [1.29, 1.82) is 0 Å². The highest BCUT2D eigenvalue weighted by Gasteiger charge is 2.21. The number of aromatic nitrogens is 2. The Kier molecular flexibility index (Phi) is 5.03. The Balaban J connectivity index is 1.32. The summed E-state index contributed by atoms with van der Waals surface area (Å²) in [5.74, 6) is 0.889. The first-order valence-electron chi connectivity index (χ1n) is 10.4. The first-order valence-corrected chi connectivity index (χ1v) is 10.4. The van der Waals surface area contributed by atoms with Gasteiger partial charge in [-0.25, -0.2) is 4.98 Å². The predicted molar refractivity (Wildman–Crippen MR) is 119 cm³/mol. The molecule has 0 atom stereocenters. The van der Waals surface area contributed by atoms with Crippen molar-refractivity contribution in [3.05, 3.63) is 89.5 Å². The number of carbonyl (C=O) groups excluding carboxylic acids is 1. The van der Waals surface area contributed by atoms with Crippen LogP contribution in [0.4, 0.5) is 0 Å². The van der Waals surface area contributed by atoms with E-state index in [4.69, 9.17) is 4.98 Å². The van der Waals surface area contributed by atoms with Crippen LogP contribution >= 0.6 is 0 Å². The molecule has 2 heterocycles. The number of para-hydroxylation sites is 1. The number of amides is 1. The quantitative estimate of drug-likeness (QED) is 0.488. The normalized spacial score (nSPS) is 13.3. The van der Waals surface area contributed by atoms with E-state index in [0.717, 1.165) is 48.5 Å². The number of imidazole rings is 1. The molecule has 0 radical (unpaired) electrons. The summed E-state index contributed by atoms with van der Waals surface area (Å²) in [5, 5.41) is 6.49. The lowest BCUT2D eigenvalue weighted by Gasteiger charge is -2.09. The lowest BCUT2D eigenvalue weighted by molar-refractivity contribution is 0.0956. The molecule has 4 aromatic rings. The van der Waals surface area contributed by atoms with Gasteiger partial charge in [0, 0.05) is 25.2 Å². The fraction of sp³-hybridized carbons (Fsp3) is 0.200. The van der Waals surface area contributed by atoms with Crippen molar-refractivity contribution in [3.63, 3.8) is 0 Å². The highest BCUT2D eigenvalue weighted by atomic mass is 16.1. The van der Waals surface area contributed by atoms with Crippen LogP contribution in [0.5, 0.6) is 0 Å². The van der Waals surface area contributed by atoms with E-state index in [1.54, 1.807) is 0 Å². The molecule has 0 aliphatic carbocycles. The molecule has 0 saturated heterocycles. The third kappa shape index (κ3) is 3.60. The number of hydrogen-bond donors (Lipinski definition) is 2. The lowest BCUT2D eigenvalue weighted by Crippen LogP contribution is -2.24. The monoisotopic (exact) mass is 396 g/mol. The van der Waals surface area contributed by atoms with Crippen LogP contribution < -0.4 is 10.6 Å². The van der Waals surface area contributed by atoms with Crippen LogP contribution in [0.15, 0.2) is 72.8 Å². The van der Waals surface area contributed by atoms with E-state index in [1.165, 1.54) is 11.1 Å². The second-order valence-electron chi connectivity index (χ2n) is 7.63. The summed E-state index contributed by atoms with van der Waals surface area (Å²) >= 11 is 0. The van der Waals surface area contributed by atoms with E-state index >= 15 is 0 Å². The molecule has 1 aromatic heterocycles. The molecular weight excluding hydrogens is 372 g/mol. The van der Waals surface area contributed by atoms with Crippen LogP contribution in [0.2, 0.25) is 0 Å².